The molecule has 1 aliphatic rings. The highest BCUT2D eigenvalue weighted by Crippen LogP contribution is 2.36. The number of nitrogen functional groups attached to an aromatic ring is 1. The Hall–Kier alpha value is -3.25. The first-order valence-corrected chi connectivity index (χ1v) is 10.2. The van der Waals surface area contributed by atoms with Gasteiger partial charge in [0.25, 0.3) is 0 Å². The number of amides is 1. The van der Waals surface area contributed by atoms with Crippen molar-refractivity contribution < 1.29 is 9.90 Å². The third kappa shape index (κ3) is 4.04. The van der Waals surface area contributed by atoms with Gasteiger partial charge in [-0.3, -0.25) is 4.79 Å². The van der Waals surface area contributed by atoms with E-state index in [0.29, 0.717) is 35.6 Å². The second-order valence-corrected chi connectivity index (χ2v) is 8.13. The highest BCUT2D eigenvalue weighted by atomic mass is 16.3. The molecule has 154 valence electrons. The summed E-state index contributed by atoms with van der Waals surface area (Å²) in [6.07, 6.45) is 0.884. The van der Waals surface area contributed by atoms with Crippen molar-refractivity contribution in [3.63, 3.8) is 0 Å². The van der Waals surface area contributed by atoms with Crippen LogP contribution in [0.3, 0.4) is 0 Å². The maximum absolute atomic E-state index is 12.5. The highest BCUT2D eigenvalue weighted by molar-refractivity contribution is 5.90. The third-order valence-corrected chi connectivity index (χ3v) is 5.24. The average Bonchev–Trinajstić information content (AvgIpc) is 2.72. The van der Waals surface area contributed by atoms with E-state index in [0.717, 1.165) is 28.9 Å². The van der Waals surface area contributed by atoms with Gasteiger partial charge in [0.15, 0.2) is 5.82 Å². The smallest absolute Gasteiger partial charge is 0.225 e. The second kappa shape index (κ2) is 8.24. The van der Waals surface area contributed by atoms with E-state index < -0.39 is 6.10 Å². The van der Waals surface area contributed by atoms with Gasteiger partial charge < -0.3 is 16.2 Å². The molecule has 4 N–H and O–H groups in total. The summed E-state index contributed by atoms with van der Waals surface area (Å²) >= 11 is 0. The van der Waals surface area contributed by atoms with Crippen LogP contribution in [0.4, 0.5) is 11.5 Å². The average molecular weight is 402 g/mol. The van der Waals surface area contributed by atoms with Crippen molar-refractivity contribution in [2.45, 2.75) is 39.2 Å². The molecule has 1 heterocycles. The lowest BCUT2D eigenvalue weighted by atomic mass is 9.91. The lowest BCUT2D eigenvalue weighted by Gasteiger charge is -2.23. The molecule has 1 amide bonds. The van der Waals surface area contributed by atoms with E-state index in [9.17, 15) is 9.90 Å². The van der Waals surface area contributed by atoms with Gasteiger partial charge in [0, 0.05) is 17.7 Å². The van der Waals surface area contributed by atoms with E-state index in [1.165, 1.54) is 0 Å². The molecular weight excluding hydrogens is 376 g/mol. The maximum atomic E-state index is 12.5. The summed E-state index contributed by atoms with van der Waals surface area (Å²) in [5.74, 6) is 0.412. The minimum absolute atomic E-state index is 0.134. The molecule has 0 aliphatic heterocycles. The van der Waals surface area contributed by atoms with Crippen LogP contribution in [0, 0.1) is 5.92 Å². The Labute approximate surface area is 176 Å². The number of benzene rings is 2. The van der Waals surface area contributed by atoms with E-state index >= 15 is 0 Å². The molecule has 6 nitrogen and oxygen atoms in total. The van der Waals surface area contributed by atoms with Crippen LogP contribution in [0.15, 0.2) is 48.5 Å². The Bertz CT molecular complexity index is 1080. The zero-order chi connectivity index (χ0) is 21.3. The fourth-order valence-corrected chi connectivity index (χ4v) is 3.81. The molecule has 0 spiro atoms. The number of aryl methyl sites for hydroxylation is 2. The number of carbonyl (C=O) groups excluding carboxylic acids is 1. The van der Waals surface area contributed by atoms with Crippen molar-refractivity contribution in [1.29, 1.82) is 0 Å². The van der Waals surface area contributed by atoms with Crippen molar-refractivity contribution in [1.82, 2.24) is 9.97 Å². The first-order valence-electron chi connectivity index (χ1n) is 10.2. The number of aliphatic hydroxyl groups excluding tert-OH is 1. The van der Waals surface area contributed by atoms with Crippen LogP contribution in [-0.4, -0.2) is 21.0 Å². The van der Waals surface area contributed by atoms with Crippen LogP contribution >= 0.6 is 0 Å². The van der Waals surface area contributed by atoms with Crippen molar-refractivity contribution in [2.75, 3.05) is 11.1 Å². The molecule has 6 heteroatoms. The number of nitrogens with zero attached hydrogens (tertiary/aromatic N) is 2. The normalized spacial score (nSPS) is 13.5. The van der Waals surface area contributed by atoms with Crippen LogP contribution in [0.2, 0.25) is 0 Å². The lowest BCUT2D eigenvalue weighted by Crippen LogP contribution is -2.21. The molecule has 1 unspecified atom stereocenters. The fourth-order valence-electron chi connectivity index (χ4n) is 3.81. The SMILES string of the molecule is CC(C)CC(=O)Nc1nc2c(nc1C(O)c1ccccc1)-c1ccc(N)cc1CC2. The predicted molar refractivity (Wildman–Crippen MR) is 118 cm³/mol. The molecule has 30 heavy (non-hydrogen) atoms. The van der Waals surface area contributed by atoms with Gasteiger partial charge in [0.05, 0.1) is 11.4 Å². The summed E-state index contributed by atoms with van der Waals surface area (Å²) in [5, 5.41) is 14.0. The molecule has 0 bridgehead atoms. The molecule has 0 radical (unpaired) electrons. The van der Waals surface area contributed by atoms with Crippen LogP contribution in [0.5, 0.6) is 0 Å². The van der Waals surface area contributed by atoms with Gasteiger partial charge in [-0.25, -0.2) is 9.97 Å². The topological polar surface area (TPSA) is 101 Å². The van der Waals surface area contributed by atoms with E-state index in [-0.39, 0.29) is 11.8 Å². The fraction of sp³-hybridized carbons (Fsp3) is 0.292. The molecule has 0 saturated carbocycles. The number of aliphatic hydroxyl groups is 1. The lowest BCUT2D eigenvalue weighted by molar-refractivity contribution is -0.116. The molecule has 1 atom stereocenters. The van der Waals surface area contributed by atoms with Crippen LogP contribution in [0.25, 0.3) is 11.3 Å². The van der Waals surface area contributed by atoms with Gasteiger partial charge >= 0.3 is 0 Å². The molecule has 1 aromatic heterocycles. The van der Waals surface area contributed by atoms with Crippen LogP contribution < -0.4 is 11.1 Å². The Morgan fingerprint density at radius 2 is 1.90 bits per heavy atom. The van der Waals surface area contributed by atoms with Gasteiger partial charge in [-0.2, -0.15) is 0 Å². The van der Waals surface area contributed by atoms with Crippen molar-refractivity contribution in [3.05, 3.63) is 71.0 Å². The van der Waals surface area contributed by atoms with Crippen molar-refractivity contribution in [2.24, 2.45) is 5.92 Å². The summed E-state index contributed by atoms with van der Waals surface area (Å²) < 4.78 is 0. The quantitative estimate of drug-likeness (QED) is 0.562. The molecule has 0 fully saturated rings. The molecule has 2 aromatic carbocycles. The molecular formula is C24H26N4O2. The van der Waals surface area contributed by atoms with Gasteiger partial charge in [-0.15, -0.1) is 0 Å². The number of nitrogens with one attached hydrogen (secondary N) is 1. The summed E-state index contributed by atoms with van der Waals surface area (Å²) in [5.41, 5.74) is 11.4. The summed E-state index contributed by atoms with van der Waals surface area (Å²) in [6.45, 7) is 3.97. The molecule has 1 aliphatic carbocycles. The largest absolute Gasteiger partial charge is 0.399 e. The molecule has 4 rings (SSSR count). The number of nitrogens with two attached hydrogens (primary N) is 1. The number of hydrogen-bond acceptors (Lipinski definition) is 5. The second-order valence-electron chi connectivity index (χ2n) is 8.13. The maximum Gasteiger partial charge on any atom is 0.225 e. The Morgan fingerprint density at radius 3 is 2.63 bits per heavy atom. The minimum Gasteiger partial charge on any atom is -0.399 e. The summed E-state index contributed by atoms with van der Waals surface area (Å²) in [7, 11) is 0. The summed E-state index contributed by atoms with van der Waals surface area (Å²) in [6, 6.07) is 15.0. The van der Waals surface area contributed by atoms with E-state index in [1.807, 2.05) is 62.4 Å². The number of hydrogen-bond donors (Lipinski definition) is 3. The minimum atomic E-state index is -1.00. The standard InChI is InChI=1S/C24H26N4O2/c1-14(2)12-20(29)27-24-22(23(30)15-6-4-3-5-7-15)28-21-18-10-9-17(25)13-16(18)8-11-19(21)26-24/h3-7,9-10,13-14,23,30H,8,11-12,25H2,1-2H3,(H,26,27,29). The number of anilines is 2. The van der Waals surface area contributed by atoms with Crippen molar-refractivity contribution >= 4 is 17.4 Å². The van der Waals surface area contributed by atoms with Crippen LogP contribution in [0.1, 0.15) is 48.9 Å². The van der Waals surface area contributed by atoms with Crippen LogP contribution in [-0.2, 0) is 17.6 Å². The monoisotopic (exact) mass is 402 g/mol. The van der Waals surface area contributed by atoms with Gasteiger partial charge in [0.2, 0.25) is 5.91 Å². The first-order chi connectivity index (χ1) is 14.4. The van der Waals surface area contributed by atoms with Gasteiger partial charge in [0.1, 0.15) is 11.8 Å². The van der Waals surface area contributed by atoms with Gasteiger partial charge in [-0.05, 0) is 42.0 Å². The molecule has 0 saturated heterocycles. The van der Waals surface area contributed by atoms with E-state index in [4.69, 9.17) is 15.7 Å². The van der Waals surface area contributed by atoms with Gasteiger partial charge in [-0.1, -0.05) is 50.2 Å². The van der Waals surface area contributed by atoms with E-state index in [2.05, 4.69) is 5.32 Å². The zero-order valence-electron chi connectivity index (χ0n) is 17.2. The number of rotatable bonds is 5. The first kappa shape index (κ1) is 20.0. The predicted octanol–water partition coefficient (Wildman–Crippen LogP) is 3.89. The number of fused-ring (bicyclic) bond motifs is 3. The number of aromatic nitrogens is 2. The zero-order valence-corrected chi connectivity index (χ0v) is 17.2. The number of carbonyl (C=O) groups is 1. The highest BCUT2D eigenvalue weighted by Gasteiger charge is 2.26. The van der Waals surface area contributed by atoms with E-state index in [1.54, 1.807) is 0 Å². The van der Waals surface area contributed by atoms with Crippen molar-refractivity contribution in [3.8, 4) is 11.3 Å². The Balaban J connectivity index is 1.82. The third-order valence-electron chi connectivity index (χ3n) is 5.24. The Morgan fingerprint density at radius 1 is 1.13 bits per heavy atom. The Kier molecular flexibility index (Phi) is 5.50. The summed E-state index contributed by atoms with van der Waals surface area (Å²) in [4.78, 5) is 22.0. The molecule has 3 aromatic rings.